The molecule has 0 radical (unpaired) electrons. The highest BCUT2D eigenvalue weighted by Gasteiger charge is 2.23. The topological polar surface area (TPSA) is 104 Å². The van der Waals surface area contributed by atoms with Crippen LogP contribution in [-0.2, 0) is 19.6 Å². The predicted molar refractivity (Wildman–Crippen MR) is 105 cm³/mol. The minimum Gasteiger partial charge on any atom is -0.347 e. The smallest absolute Gasteiger partial charge is 0.241 e. The first-order valence-electron chi connectivity index (χ1n) is 8.56. The van der Waals surface area contributed by atoms with Crippen molar-refractivity contribution in [1.29, 1.82) is 0 Å². The van der Waals surface area contributed by atoms with Crippen molar-refractivity contribution in [3.63, 3.8) is 0 Å². The average molecular weight is 394 g/mol. The lowest BCUT2D eigenvalue weighted by molar-refractivity contribution is -0.125. The highest BCUT2D eigenvalue weighted by Crippen LogP contribution is 2.29. The molecule has 1 rings (SSSR count). The molecule has 0 aromatic heterocycles. The Kier molecular flexibility index (Phi) is 8.00. The second-order valence-corrected chi connectivity index (χ2v) is 8.06. The Labute approximate surface area is 161 Å². The normalized spacial score (nSPS) is 11.0. The quantitative estimate of drug-likeness (QED) is 0.567. The van der Waals surface area contributed by atoms with Crippen LogP contribution in [0.15, 0.2) is 4.90 Å². The first kappa shape index (κ1) is 22.7. The highest BCUT2D eigenvalue weighted by atomic mass is 32.2. The van der Waals surface area contributed by atoms with Gasteiger partial charge in [0.2, 0.25) is 21.8 Å². The number of carbonyl (C=O) groups is 2. The van der Waals surface area contributed by atoms with Crippen molar-refractivity contribution in [3.8, 4) is 12.3 Å². The number of benzene rings is 1. The predicted octanol–water partition coefficient (Wildman–Crippen LogP) is 0.763. The maximum atomic E-state index is 12.7. The summed E-state index contributed by atoms with van der Waals surface area (Å²) < 4.78 is 27.9. The van der Waals surface area contributed by atoms with E-state index in [4.69, 9.17) is 6.42 Å². The molecule has 8 heteroatoms. The number of nitrogens with one attached hydrogen (secondary N) is 3. The molecule has 0 aliphatic carbocycles. The van der Waals surface area contributed by atoms with Gasteiger partial charge in [-0.1, -0.05) is 5.92 Å². The molecule has 0 aliphatic heterocycles. The van der Waals surface area contributed by atoms with Crippen LogP contribution in [0.3, 0.4) is 0 Å². The van der Waals surface area contributed by atoms with Gasteiger partial charge in [-0.15, -0.1) is 6.42 Å². The highest BCUT2D eigenvalue weighted by molar-refractivity contribution is 7.89. The van der Waals surface area contributed by atoms with Gasteiger partial charge in [-0.05, 0) is 62.4 Å². The van der Waals surface area contributed by atoms with E-state index < -0.39 is 21.8 Å². The molecule has 1 aromatic carbocycles. The number of amides is 2. The fraction of sp³-hybridized carbons (Fsp3) is 0.474. The van der Waals surface area contributed by atoms with E-state index in [9.17, 15) is 18.0 Å². The first-order chi connectivity index (χ1) is 12.5. The number of hydrogen-bond donors (Lipinski definition) is 3. The molecule has 0 atom stereocenters. The third-order valence-electron chi connectivity index (χ3n) is 4.68. The Hall–Kier alpha value is -2.37. The molecular formula is C19H27N3O4S. The molecule has 27 heavy (non-hydrogen) atoms. The largest absolute Gasteiger partial charge is 0.347 e. The molecule has 0 saturated carbocycles. The van der Waals surface area contributed by atoms with Gasteiger partial charge in [0.05, 0.1) is 18.0 Å². The van der Waals surface area contributed by atoms with Gasteiger partial charge in [-0.3, -0.25) is 9.59 Å². The van der Waals surface area contributed by atoms with Crippen LogP contribution < -0.4 is 15.4 Å². The van der Waals surface area contributed by atoms with Gasteiger partial charge in [0.15, 0.2) is 0 Å². The zero-order chi connectivity index (χ0) is 20.8. The second kappa shape index (κ2) is 9.53. The molecule has 1 aromatic rings. The zero-order valence-corrected chi connectivity index (χ0v) is 17.3. The van der Waals surface area contributed by atoms with Gasteiger partial charge >= 0.3 is 0 Å². The van der Waals surface area contributed by atoms with E-state index >= 15 is 0 Å². The average Bonchev–Trinajstić information content (AvgIpc) is 2.61. The van der Waals surface area contributed by atoms with Gasteiger partial charge in [-0.2, -0.15) is 0 Å². The Balaban J connectivity index is 2.72. The van der Waals surface area contributed by atoms with Crippen molar-refractivity contribution in [2.24, 2.45) is 0 Å². The number of terminal acetylenes is 1. The molecule has 0 fully saturated rings. The summed E-state index contributed by atoms with van der Waals surface area (Å²) >= 11 is 0. The van der Waals surface area contributed by atoms with Gasteiger partial charge < -0.3 is 10.6 Å². The summed E-state index contributed by atoms with van der Waals surface area (Å²) in [5.74, 6) is 1.42. The van der Waals surface area contributed by atoms with Crippen molar-refractivity contribution >= 4 is 21.8 Å². The number of sulfonamides is 1. The third kappa shape index (κ3) is 5.81. The van der Waals surface area contributed by atoms with Gasteiger partial charge in [0.25, 0.3) is 0 Å². The SMILES string of the molecule is C#CCNC(=O)CNC(=O)CCNS(=O)(=O)c1c(C)c(C)c(C)c(C)c1C. The minimum absolute atomic E-state index is 0.0645. The summed E-state index contributed by atoms with van der Waals surface area (Å²) in [5, 5.41) is 4.83. The van der Waals surface area contributed by atoms with Gasteiger partial charge in [0, 0.05) is 13.0 Å². The molecule has 2 amide bonds. The molecule has 0 aliphatic rings. The van der Waals surface area contributed by atoms with Crippen LogP contribution in [0.1, 0.15) is 34.2 Å². The van der Waals surface area contributed by atoms with Crippen LogP contribution in [0.4, 0.5) is 0 Å². The van der Waals surface area contributed by atoms with Crippen molar-refractivity contribution in [1.82, 2.24) is 15.4 Å². The first-order valence-corrected chi connectivity index (χ1v) is 10.0. The van der Waals surface area contributed by atoms with Crippen LogP contribution in [0.5, 0.6) is 0 Å². The van der Waals surface area contributed by atoms with E-state index in [0.29, 0.717) is 11.1 Å². The van der Waals surface area contributed by atoms with Crippen LogP contribution in [0, 0.1) is 47.0 Å². The number of carbonyl (C=O) groups excluding carboxylic acids is 2. The van der Waals surface area contributed by atoms with E-state index in [1.54, 1.807) is 13.8 Å². The molecule has 148 valence electrons. The monoisotopic (exact) mass is 393 g/mol. The van der Waals surface area contributed by atoms with Crippen LogP contribution >= 0.6 is 0 Å². The lowest BCUT2D eigenvalue weighted by Gasteiger charge is -2.19. The molecule has 0 unspecified atom stereocenters. The maximum absolute atomic E-state index is 12.7. The van der Waals surface area contributed by atoms with E-state index in [1.807, 2.05) is 20.8 Å². The molecule has 0 heterocycles. The lowest BCUT2D eigenvalue weighted by atomic mass is 9.95. The Bertz CT molecular complexity index is 854. The summed E-state index contributed by atoms with van der Waals surface area (Å²) in [6.07, 6.45) is 4.94. The molecule has 0 saturated heterocycles. The molecule has 7 nitrogen and oxygen atoms in total. The lowest BCUT2D eigenvalue weighted by Crippen LogP contribution is -2.38. The zero-order valence-electron chi connectivity index (χ0n) is 16.4. The van der Waals surface area contributed by atoms with Gasteiger partial charge in [-0.25, -0.2) is 13.1 Å². The number of hydrogen-bond acceptors (Lipinski definition) is 4. The Morgan fingerprint density at radius 3 is 1.93 bits per heavy atom. The summed E-state index contributed by atoms with van der Waals surface area (Å²) in [6.45, 7) is 9.15. The summed E-state index contributed by atoms with van der Waals surface area (Å²) in [6, 6.07) is 0. The van der Waals surface area contributed by atoms with E-state index in [2.05, 4.69) is 21.3 Å². The van der Waals surface area contributed by atoms with Crippen LogP contribution in [0.25, 0.3) is 0 Å². The standard InChI is InChI=1S/C19H27N3O4S/c1-7-9-20-18(24)11-21-17(23)8-10-22-27(25,26)19-15(5)13(3)12(2)14(4)16(19)6/h1,22H,8-11H2,2-6H3,(H,20,24)(H,21,23). The summed E-state index contributed by atoms with van der Waals surface area (Å²) in [7, 11) is -3.75. The van der Waals surface area contributed by atoms with Crippen molar-refractivity contribution in [3.05, 3.63) is 27.8 Å². The van der Waals surface area contributed by atoms with E-state index in [-0.39, 0.29) is 31.0 Å². The Morgan fingerprint density at radius 2 is 1.41 bits per heavy atom. The fourth-order valence-electron chi connectivity index (χ4n) is 2.72. The molecular weight excluding hydrogens is 366 g/mol. The van der Waals surface area contributed by atoms with E-state index in [0.717, 1.165) is 16.7 Å². The number of rotatable bonds is 8. The maximum Gasteiger partial charge on any atom is 0.241 e. The van der Waals surface area contributed by atoms with Crippen LogP contribution in [0.2, 0.25) is 0 Å². The van der Waals surface area contributed by atoms with Gasteiger partial charge in [0.1, 0.15) is 0 Å². The molecule has 3 N–H and O–H groups in total. The molecule has 0 spiro atoms. The van der Waals surface area contributed by atoms with Crippen molar-refractivity contribution < 1.29 is 18.0 Å². The molecule has 0 bridgehead atoms. The second-order valence-electron chi connectivity index (χ2n) is 6.36. The van der Waals surface area contributed by atoms with E-state index in [1.165, 1.54) is 0 Å². The minimum atomic E-state index is -3.75. The Morgan fingerprint density at radius 1 is 0.889 bits per heavy atom. The van der Waals surface area contributed by atoms with Crippen LogP contribution in [-0.4, -0.2) is 39.9 Å². The summed E-state index contributed by atoms with van der Waals surface area (Å²) in [5.41, 5.74) is 4.37. The summed E-state index contributed by atoms with van der Waals surface area (Å²) in [4.78, 5) is 23.4. The fourth-order valence-corrected chi connectivity index (χ4v) is 4.35. The van der Waals surface area contributed by atoms with Crippen molar-refractivity contribution in [2.75, 3.05) is 19.6 Å². The third-order valence-corrected chi connectivity index (χ3v) is 6.41. The van der Waals surface area contributed by atoms with Crippen molar-refractivity contribution in [2.45, 2.75) is 45.9 Å².